The predicted octanol–water partition coefficient (Wildman–Crippen LogP) is 3.03. The average molecular weight is 317 g/mol. The van der Waals surface area contributed by atoms with Gasteiger partial charge in [0.05, 0.1) is 10.4 Å². The number of carbonyl (C=O) groups excluding carboxylic acids is 2. The van der Waals surface area contributed by atoms with Gasteiger partial charge in [-0.1, -0.05) is 12.1 Å². The minimum Gasteiger partial charge on any atom is -0.341 e. The monoisotopic (exact) mass is 317 g/mol. The van der Waals surface area contributed by atoms with Crippen LogP contribution in [0.25, 0.3) is 10.1 Å². The van der Waals surface area contributed by atoms with Crippen LogP contribution in [-0.4, -0.2) is 36.0 Å². The second-order valence-corrected chi connectivity index (χ2v) is 6.27. The molecule has 2 N–H and O–H groups in total. The van der Waals surface area contributed by atoms with Crippen LogP contribution in [0.15, 0.2) is 29.6 Å². The first-order valence-electron chi connectivity index (χ1n) is 7.51. The Labute approximate surface area is 133 Å². The quantitative estimate of drug-likeness (QED) is 0.914. The van der Waals surface area contributed by atoms with E-state index in [1.54, 1.807) is 16.2 Å². The summed E-state index contributed by atoms with van der Waals surface area (Å²) in [6.07, 6.45) is 1.62. The Morgan fingerprint density at radius 2 is 2.27 bits per heavy atom. The molecule has 0 spiro atoms. The standard InChI is InChI=1S/C16H19N3O2S/c1-2-19-9-4-7-13(15(19)20)18-16(21)17-12-6-3-5-11-8-10-22-14(11)12/h3,5-6,8,10,13H,2,4,7,9H2,1H3,(H2,17,18,21). The number of piperidine rings is 1. The fourth-order valence-electron chi connectivity index (χ4n) is 2.80. The van der Waals surface area contributed by atoms with E-state index in [9.17, 15) is 9.59 Å². The number of nitrogens with zero attached hydrogens (tertiary/aromatic N) is 1. The lowest BCUT2D eigenvalue weighted by atomic mass is 10.1. The van der Waals surface area contributed by atoms with Crippen molar-refractivity contribution in [2.24, 2.45) is 0 Å². The van der Waals surface area contributed by atoms with E-state index < -0.39 is 6.04 Å². The summed E-state index contributed by atoms with van der Waals surface area (Å²) in [4.78, 5) is 26.2. The molecule has 3 amide bonds. The number of anilines is 1. The Kier molecular flexibility index (Phi) is 4.29. The lowest BCUT2D eigenvalue weighted by molar-refractivity contribution is -0.135. The molecule has 1 atom stereocenters. The molecule has 0 radical (unpaired) electrons. The van der Waals surface area contributed by atoms with Crippen molar-refractivity contribution in [3.05, 3.63) is 29.6 Å². The molecule has 1 aromatic heterocycles. The van der Waals surface area contributed by atoms with Crippen LogP contribution >= 0.6 is 11.3 Å². The Balaban J connectivity index is 1.67. The molecule has 0 aliphatic carbocycles. The Bertz CT molecular complexity index is 698. The third-order valence-corrected chi connectivity index (χ3v) is 4.91. The van der Waals surface area contributed by atoms with E-state index >= 15 is 0 Å². The molecule has 1 aliphatic heterocycles. The number of likely N-dealkylation sites (N-methyl/N-ethyl adjacent to an activating group) is 1. The fraction of sp³-hybridized carbons (Fsp3) is 0.375. The normalized spacial score (nSPS) is 18.5. The highest BCUT2D eigenvalue weighted by molar-refractivity contribution is 7.17. The SMILES string of the molecule is CCN1CCCC(NC(=O)Nc2cccc3ccsc23)C1=O. The van der Waals surface area contributed by atoms with Crippen LogP contribution in [0.2, 0.25) is 0 Å². The van der Waals surface area contributed by atoms with E-state index in [1.165, 1.54) is 0 Å². The number of rotatable bonds is 3. The van der Waals surface area contributed by atoms with Gasteiger partial charge in [-0.05, 0) is 42.7 Å². The van der Waals surface area contributed by atoms with E-state index in [0.717, 1.165) is 28.7 Å². The van der Waals surface area contributed by atoms with Crippen LogP contribution in [0.3, 0.4) is 0 Å². The first kappa shape index (κ1) is 14.8. The summed E-state index contributed by atoms with van der Waals surface area (Å²) in [5.74, 6) is 0.0123. The number of fused-ring (bicyclic) bond motifs is 1. The molecule has 6 heteroatoms. The largest absolute Gasteiger partial charge is 0.341 e. The minimum atomic E-state index is -0.420. The van der Waals surface area contributed by atoms with Gasteiger partial charge in [-0.3, -0.25) is 4.79 Å². The second-order valence-electron chi connectivity index (χ2n) is 5.36. The van der Waals surface area contributed by atoms with Gasteiger partial charge < -0.3 is 15.5 Å². The van der Waals surface area contributed by atoms with Gasteiger partial charge >= 0.3 is 6.03 Å². The van der Waals surface area contributed by atoms with Crippen LogP contribution in [0.4, 0.5) is 10.5 Å². The Morgan fingerprint density at radius 1 is 1.41 bits per heavy atom. The molecule has 1 fully saturated rings. The molecule has 1 aliphatic rings. The summed E-state index contributed by atoms with van der Waals surface area (Å²) >= 11 is 1.59. The second kappa shape index (κ2) is 6.36. The number of amides is 3. The first-order valence-corrected chi connectivity index (χ1v) is 8.39. The topological polar surface area (TPSA) is 61.4 Å². The molecule has 1 saturated heterocycles. The molecule has 3 rings (SSSR count). The lowest BCUT2D eigenvalue weighted by Crippen LogP contribution is -2.52. The van der Waals surface area contributed by atoms with Gasteiger partial charge in [0, 0.05) is 13.1 Å². The molecule has 2 heterocycles. The number of hydrogen-bond acceptors (Lipinski definition) is 3. The van der Waals surface area contributed by atoms with Crippen molar-refractivity contribution >= 4 is 39.0 Å². The summed E-state index contributed by atoms with van der Waals surface area (Å²) in [5, 5.41) is 8.77. The summed E-state index contributed by atoms with van der Waals surface area (Å²) < 4.78 is 1.04. The van der Waals surface area contributed by atoms with Crippen LogP contribution in [0.5, 0.6) is 0 Å². The predicted molar refractivity (Wildman–Crippen MR) is 89.3 cm³/mol. The van der Waals surface area contributed by atoms with Crippen molar-refractivity contribution in [2.75, 3.05) is 18.4 Å². The van der Waals surface area contributed by atoms with E-state index in [2.05, 4.69) is 10.6 Å². The highest BCUT2D eigenvalue weighted by Gasteiger charge is 2.28. The molecule has 1 aromatic carbocycles. The van der Waals surface area contributed by atoms with Crippen molar-refractivity contribution in [1.29, 1.82) is 0 Å². The van der Waals surface area contributed by atoms with Crippen LogP contribution in [-0.2, 0) is 4.79 Å². The Morgan fingerprint density at radius 3 is 3.09 bits per heavy atom. The molecule has 5 nitrogen and oxygen atoms in total. The number of thiophene rings is 1. The molecule has 2 aromatic rings. The van der Waals surface area contributed by atoms with Crippen molar-refractivity contribution in [3.8, 4) is 0 Å². The maximum Gasteiger partial charge on any atom is 0.319 e. The number of carbonyl (C=O) groups is 2. The van der Waals surface area contributed by atoms with Gasteiger partial charge in [-0.25, -0.2) is 4.79 Å². The third kappa shape index (κ3) is 2.92. The van der Waals surface area contributed by atoms with E-state index in [0.29, 0.717) is 13.0 Å². The summed E-state index contributed by atoms with van der Waals surface area (Å²) in [6.45, 7) is 3.43. The summed E-state index contributed by atoms with van der Waals surface area (Å²) in [7, 11) is 0. The Hall–Kier alpha value is -2.08. The van der Waals surface area contributed by atoms with Gasteiger partial charge in [-0.15, -0.1) is 11.3 Å². The highest BCUT2D eigenvalue weighted by atomic mass is 32.1. The molecular formula is C16H19N3O2S. The van der Waals surface area contributed by atoms with Gasteiger partial charge in [0.25, 0.3) is 0 Å². The van der Waals surface area contributed by atoms with Crippen molar-refractivity contribution in [1.82, 2.24) is 10.2 Å². The van der Waals surface area contributed by atoms with E-state index in [1.807, 2.05) is 36.6 Å². The zero-order valence-corrected chi connectivity index (χ0v) is 13.3. The zero-order valence-electron chi connectivity index (χ0n) is 12.5. The number of likely N-dealkylation sites (tertiary alicyclic amines) is 1. The summed E-state index contributed by atoms with van der Waals surface area (Å²) in [6, 6.07) is 7.08. The number of benzene rings is 1. The molecule has 116 valence electrons. The molecule has 0 saturated carbocycles. The van der Waals surface area contributed by atoms with Crippen molar-refractivity contribution < 1.29 is 9.59 Å². The number of hydrogen-bond donors (Lipinski definition) is 2. The highest BCUT2D eigenvalue weighted by Crippen LogP contribution is 2.28. The minimum absolute atomic E-state index is 0.0123. The van der Waals surface area contributed by atoms with Gasteiger partial charge in [0.15, 0.2) is 0 Å². The first-order chi connectivity index (χ1) is 10.7. The van der Waals surface area contributed by atoms with Gasteiger partial charge in [0.1, 0.15) is 6.04 Å². The summed E-state index contributed by atoms with van der Waals surface area (Å²) in [5.41, 5.74) is 0.778. The third-order valence-electron chi connectivity index (χ3n) is 3.94. The van der Waals surface area contributed by atoms with Gasteiger partial charge in [0.2, 0.25) is 5.91 Å². The lowest BCUT2D eigenvalue weighted by Gasteiger charge is -2.31. The van der Waals surface area contributed by atoms with Gasteiger partial charge in [-0.2, -0.15) is 0 Å². The van der Waals surface area contributed by atoms with Crippen LogP contribution < -0.4 is 10.6 Å². The average Bonchev–Trinajstić information content (AvgIpc) is 2.99. The van der Waals surface area contributed by atoms with Crippen LogP contribution in [0, 0.1) is 0 Å². The molecule has 22 heavy (non-hydrogen) atoms. The van der Waals surface area contributed by atoms with E-state index in [4.69, 9.17) is 0 Å². The van der Waals surface area contributed by atoms with Crippen molar-refractivity contribution in [3.63, 3.8) is 0 Å². The smallest absolute Gasteiger partial charge is 0.319 e. The number of urea groups is 1. The number of nitrogens with one attached hydrogen (secondary N) is 2. The van der Waals surface area contributed by atoms with Crippen LogP contribution in [0.1, 0.15) is 19.8 Å². The van der Waals surface area contributed by atoms with E-state index in [-0.39, 0.29) is 11.9 Å². The molecule has 0 bridgehead atoms. The molecular weight excluding hydrogens is 298 g/mol. The maximum atomic E-state index is 12.2. The maximum absolute atomic E-state index is 12.2. The van der Waals surface area contributed by atoms with Crippen molar-refractivity contribution in [2.45, 2.75) is 25.8 Å². The molecule has 1 unspecified atom stereocenters. The fourth-order valence-corrected chi connectivity index (χ4v) is 3.67. The zero-order chi connectivity index (χ0) is 15.5.